The highest BCUT2D eigenvalue weighted by atomic mass is 16.5. The van der Waals surface area contributed by atoms with Gasteiger partial charge in [0.2, 0.25) is 5.89 Å². The molecular weight excluding hydrogens is 422 g/mol. The Labute approximate surface area is 189 Å². The number of benzene rings is 2. The molecule has 0 atom stereocenters. The summed E-state index contributed by atoms with van der Waals surface area (Å²) in [6.45, 7) is 0. The van der Waals surface area contributed by atoms with Crippen LogP contribution in [-0.2, 0) is 22.4 Å². The van der Waals surface area contributed by atoms with Crippen molar-refractivity contribution < 1.29 is 23.5 Å². The van der Waals surface area contributed by atoms with E-state index in [1.54, 1.807) is 36.4 Å². The minimum atomic E-state index is -0.469. The number of carbonyl (C=O) groups is 3. The molecule has 0 fully saturated rings. The molecule has 0 unspecified atom stereocenters. The third-order valence-electron chi connectivity index (χ3n) is 5.76. The van der Waals surface area contributed by atoms with E-state index in [1.165, 1.54) is 19.2 Å². The number of nitrogens with zero attached hydrogens (tertiary/aromatic N) is 1. The summed E-state index contributed by atoms with van der Waals surface area (Å²) >= 11 is 0. The second-order valence-corrected chi connectivity index (χ2v) is 7.92. The third kappa shape index (κ3) is 4.03. The van der Waals surface area contributed by atoms with Crippen LogP contribution >= 0.6 is 0 Å². The molecule has 1 aliphatic heterocycles. The van der Waals surface area contributed by atoms with Crippen molar-refractivity contribution >= 4 is 40.8 Å². The van der Waals surface area contributed by atoms with Crippen molar-refractivity contribution in [1.29, 1.82) is 0 Å². The molecule has 2 aliphatic rings. The Kier molecular flexibility index (Phi) is 5.26. The van der Waals surface area contributed by atoms with Gasteiger partial charge in [0.05, 0.1) is 23.9 Å². The molecule has 166 valence electrons. The zero-order valence-corrected chi connectivity index (χ0v) is 17.9. The van der Waals surface area contributed by atoms with E-state index in [-0.39, 0.29) is 11.8 Å². The van der Waals surface area contributed by atoms with Crippen molar-refractivity contribution in [3.63, 3.8) is 0 Å². The number of esters is 1. The minimum Gasteiger partial charge on any atom is -0.465 e. The maximum atomic E-state index is 12.7. The maximum Gasteiger partial charge on any atom is 0.337 e. The molecule has 8 nitrogen and oxygen atoms in total. The van der Waals surface area contributed by atoms with Gasteiger partial charge in [0.25, 0.3) is 11.8 Å². The number of oxazole rings is 1. The largest absolute Gasteiger partial charge is 0.465 e. The van der Waals surface area contributed by atoms with Crippen molar-refractivity contribution in [1.82, 2.24) is 4.98 Å². The Morgan fingerprint density at radius 2 is 1.85 bits per heavy atom. The van der Waals surface area contributed by atoms with Crippen LogP contribution in [0.5, 0.6) is 0 Å². The van der Waals surface area contributed by atoms with E-state index in [9.17, 15) is 14.4 Å². The van der Waals surface area contributed by atoms with Crippen molar-refractivity contribution in [3.8, 4) is 0 Å². The zero-order valence-electron chi connectivity index (χ0n) is 17.9. The average Bonchev–Trinajstić information content (AvgIpc) is 3.38. The SMILES string of the molecule is COC(=O)c1ccc(C(=O)Nc2ccc3c(c2)C(=Cc2nc4c(o2)CCCC4)C(=O)N3)cc1. The van der Waals surface area contributed by atoms with E-state index in [4.69, 9.17) is 4.42 Å². The zero-order chi connectivity index (χ0) is 22.9. The van der Waals surface area contributed by atoms with E-state index >= 15 is 0 Å². The summed E-state index contributed by atoms with van der Waals surface area (Å²) in [5.74, 6) is 0.257. The number of aromatic nitrogens is 1. The van der Waals surface area contributed by atoms with Crippen LogP contribution in [0.3, 0.4) is 0 Å². The molecule has 33 heavy (non-hydrogen) atoms. The molecule has 0 saturated carbocycles. The number of hydrogen-bond donors (Lipinski definition) is 2. The van der Waals surface area contributed by atoms with Crippen molar-refractivity contribution in [2.75, 3.05) is 17.7 Å². The molecule has 0 saturated heterocycles. The molecule has 2 heterocycles. The minimum absolute atomic E-state index is 0.247. The van der Waals surface area contributed by atoms with Crippen LogP contribution in [0.2, 0.25) is 0 Å². The lowest BCUT2D eigenvalue weighted by molar-refractivity contribution is -0.110. The van der Waals surface area contributed by atoms with Crippen LogP contribution in [0.4, 0.5) is 11.4 Å². The highest BCUT2D eigenvalue weighted by Gasteiger charge is 2.26. The van der Waals surface area contributed by atoms with E-state index in [2.05, 4.69) is 20.4 Å². The predicted octanol–water partition coefficient (Wildman–Crippen LogP) is 4.09. The van der Waals surface area contributed by atoms with Crippen LogP contribution in [0, 0.1) is 0 Å². The number of ether oxygens (including phenoxy) is 1. The van der Waals surface area contributed by atoms with Crippen LogP contribution < -0.4 is 10.6 Å². The van der Waals surface area contributed by atoms with Gasteiger partial charge in [-0.3, -0.25) is 9.59 Å². The molecule has 8 heteroatoms. The highest BCUT2D eigenvalue weighted by molar-refractivity contribution is 6.35. The van der Waals surface area contributed by atoms with Crippen molar-refractivity contribution in [3.05, 3.63) is 76.5 Å². The fourth-order valence-electron chi connectivity index (χ4n) is 4.05. The maximum absolute atomic E-state index is 12.7. The quantitative estimate of drug-likeness (QED) is 0.464. The van der Waals surface area contributed by atoms with Gasteiger partial charge in [-0.25, -0.2) is 9.78 Å². The van der Waals surface area contributed by atoms with Gasteiger partial charge in [0.1, 0.15) is 5.76 Å². The van der Waals surface area contributed by atoms with E-state index < -0.39 is 5.97 Å². The van der Waals surface area contributed by atoms with Crippen LogP contribution in [0.15, 0.2) is 46.9 Å². The normalized spacial score (nSPS) is 15.5. The van der Waals surface area contributed by atoms with E-state index in [0.717, 1.165) is 37.1 Å². The first kappa shape index (κ1) is 20.7. The lowest BCUT2D eigenvalue weighted by Crippen LogP contribution is -2.12. The lowest BCUT2D eigenvalue weighted by atomic mass is 10.0. The molecule has 2 amide bonds. The van der Waals surface area contributed by atoms with Gasteiger partial charge in [-0.05, 0) is 61.7 Å². The summed E-state index contributed by atoms with van der Waals surface area (Å²) in [6, 6.07) is 11.4. The van der Waals surface area contributed by atoms with Gasteiger partial charge in [0.15, 0.2) is 0 Å². The molecule has 3 aromatic rings. The van der Waals surface area contributed by atoms with Gasteiger partial charge in [-0.15, -0.1) is 0 Å². The second kappa shape index (κ2) is 8.38. The number of nitrogens with one attached hydrogen (secondary N) is 2. The van der Waals surface area contributed by atoms with E-state index in [1.807, 2.05) is 0 Å². The number of amides is 2. The number of methoxy groups -OCH3 is 1. The molecule has 5 rings (SSSR count). The number of rotatable bonds is 4. The number of aryl methyl sites for hydroxylation is 2. The monoisotopic (exact) mass is 443 g/mol. The fraction of sp³-hybridized carbons (Fsp3) is 0.200. The first-order valence-electron chi connectivity index (χ1n) is 10.7. The summed E-state index contributed by atoms with van der Waals surface area (Å²) in [5, 5.41) is 5.66. The molecular formula is C25H21N3O5. The first-order valence-corrected chi connectivity index (χ1v) is 10.7. The number of fused-ring (bicyclic) bond motifs is 2. The Bertz CT molecular complexity index is 1280. The van der Waals surface area contributed by atoms with Crippen molar-refractivity contribution in [2.24, 2.45) is 0 Å². The molecule has 2 N–H and O–H groups in total. The molecule has 1 aliphatic carbocycles. The summed E-state index contributed by atoms with van der Waals surface area (Å²) in [6.07, 6.45) is 5.58. The fourth-order valence-corrected chi connectivity index (χ4v) is 4.05. The summed E-state index contributed by atoms with van der Waals surface area (Å²) in [5.41, 5.74) is 3.99. The Morgan fingerprint density at radius 3 is 2.61 bits per heavy atom. The van der Waals surface area contributed by atoms with Gasteiger partial charge in [0, 0.05) is 35.0 Å². The molecule has 0 spiro atoms. The smallest absolute Gasteiger partial charge is 0.337 e. The lowest BCUT2D eigenvalue weighted by Gasteiger charge is -2.08. The molecule has 0 radical (unpaired) electrons. The number of anilines is 2. The Balaban J connectivity index is 1.38. The van der Waals surface area contributed by atoms with Gasteiger partial charge in [-0.2, -0.15) is 0 Å². The Hall–Kier alpha value is -4.20. The van der Waals surface area contributed by atoms with Gasteiger partial charge < -0.3 is 19.8 Å². The topological polar surface area (TPSA) is 111 Å². The second-order valence-electron chi connectivity index (χ2n) is 7.92. The van der Waals surface area contributed by atoms with Crippen LogP contribution in [0.1, 0.15) is 56.5 Å². The Morgan fingerprint density at radius 1 is 1.09 bits per heavy atom. The van der Waals surface area contributed by atoms with E-state index in [0.29, 0.717) is 39.5 Å². The summed E-state index contributed by atoms with van der Waals surface area (Å²) in [7, 11) is 1.30. The summed E-state index contributed by atoms with van der Waals surface area (Å²) in [4.78, 5) is 41.3. The standard InChI is InChI=1S/C25H21N3O5/c1-32-25(31)15-8-6-14(7-9-15)23(29)26-16-10-11-19-17(12-16)18(24(30)28-19)13-22-27-20-4-2-3-5-21(20)33-22/h6-13H,2-5H2,1H3,(H,26,29)(H,28,30). The number of hydrogen-bond acceptors (Lipinski definition) is 6. The number of carbonyl (C=O) groups excluding carboxylic acids is 3. The van der Waals surface area contributed by atoms with Gasteiger partial charge >= 0.3 is 5.97 Å². The molecule has 1 aromatic heterocycles. The third-order valence-corrected chi connectivity index (χ3v) is 5.76. The summed E-state index contributed by atoms with van der Waals surface area (Å²) < 4.78 is 10.5. The molecule has 2 aromatic carbocycles. The highest BCUT2D eigenvalue weighted by Crippen LogP contribution is 2.35. The average molecular weight is 443 g/mol. The first-order chi connectivity index (χ1) is 16.0. The predicted molar refractivity (Wildman–Crippen MR) is 122 cm³/mol. The van der Waals surface area contributed by atoms with Gasteiger partial charge in [-0.1, -0.05) is 0 Å². The van der Waals surface area contributed by atoms with Crippen LogP contribution in [0.25, 0.3) is 11.6 Å². The molecule has 0 bridgehead atoms. The van der Waals surface area contributed by atoms with Crippen LogP contribution in [-0.4, -0.2) is 29.9 Å². The van der Waals surface area contributed by atoms with Crippen molar-refractivity contribution in [2.45, 2.75) is 25.7 Å².